The number of amides is 2. The Balaban J connectivity index is 1.98. The van der Waals surface area contributed by atoms with Crippen LogP contribution >= 0.6 is 27.5 Å². The summed E-state index contributed by atoms with van der Waals surface area (Å²) in [7, 11) is 0. The van der Waals surface area contributed by atoms with Gasteiger partial charge in [-0.3, -0.25) is 9.59 Å². The molecule has 0 saturated heterocycles. The smallest absolute Gasteiger partial charge is 0.243 e. The first kappa shape index (κ1) is 26.0. The summed E-state index contributed by atoms with van der Waals surface area (Å²) in [6, 6.07) is 24.2. The molecule has 0 fully saturated rings. The number of carbonyl (C=O) groups excluding carboxylic acids is 2. The van der Waals surface area contributed by atoms with Crippen molar-refractivity contribution in [3.05, 3.63) is 105 Å². The molecular weight excluding hydrogens is 512 g/mol. The first-order chi connectivity index (χ1) is 16.1. The quantitative estimate of drug-likeness (QED) is 0.369. The number of halogens is 2. The van der Waals surface area contributed by atoms with Gasteiger partial charge < -0.3 is 10.2 Å². The number of rotatable bonds is 8. The van der Waals surface area contributed by atoms with Crippen molar-refractivity contribution in [3.8, 4) is 0 Å². The summed E-state index contributed by atoms with van der Waals surface area (Å²) in [5.41, 5.74) is 2.37. The predicted molar refractivity (Wildman–Crippen MR) is 142 cm³/mol. The highest BCUT2D eigenvalue weighted by molar-refractivity contribution is 9.10. The van der Waals surface area contributed by atoms with Crippen molar-refractivity contribution in [2.24, 2.45) is 0 Å². The van der Waals surface area contributed by atoms with Gasteiger partial charge in [-0.1, -0.05) is 82.1 Å². The van der Waals surface area contributed by atoms with Gasteiger partial charge in [-0.2, -0.15) is 0 Å². The van der Waals surface area contributed by atoms with E-state index in [9.17, 15) is 9.59 Å². The monoisotopic (exact) mass is 540 g/mol. The van der Waals surface area contributed by atoms with E-state index in [1.807, 2.05) is 87.5 Å². The van der Waals surface area contributed by atoms with E-state index in [4.69, 9.17) is 11.6 Å². The Hall–Kier alpha value is -2.63. The minimum Gasteiger partial charge on any atom is -0.350 e. The van der Waals surface area contributed by atoms with Crippen molar-refractivity contribution >= 4 is 39.3 Å². The van der Waals surface area contributed by atoms with Gasteiger partial charge in [0.1, 0.15) is 6.04 Å². The third-order valence-electron chi connectivity index (χ3n) is 5.28. The summed E-state index contributed by atoms with van der Waals surface area (Å²) in [5, 5.41) is 3.70. The van der Waals surface area contributed by atoms with E-state index >= 15 is 0 Å². The predicted octanol–water partition coefficient (Wildman–Crippen LogP) is 6.20. The minimum absolute atomic E-state index is 0.118. The standard InChI is InChI=1S/C28H30BrClN2O2/c1-28(2,3)31-27(34)25(17-20-8-5-4-6-9-20)32(19-22-10-7-11-23(29)16-22)26(33)18-21-12-14-24(30)15-13-21/h4-16,25H,17-19H2,1-3H3,(H,31,34). The maximum Gasteiger partial charge on any atom is 0.243 e. The highest BCUT2D eigenvalue weighted by atomic mass is 79.9. The van der Waals surface area contributed by atoms with Crippen LogP contribution in [0.4, 0.5) is 0 Å². The molecule has 4 nitrogen and oxygen atoms in total. The molecule has 0 aliphatic heterocycles. The van der Waals surface area contributed by atoms with Gasteiger partial charge in [-0.05, 0) is 61.7 Å². The molecule has 34 heavy (non-hydrogen) atoms. The maximum absolute atomic E-state index is 13.7. The normalized spacial score (nSPS) is 12.1. The second kappa shape index (κ2) is 11.7. The van der Waals surface area contributed by atoms with Gasteiger partial charge >= 0.3 is 0 Å². The fraction of sp³-hybridized carbons (Fsp3) is 0.286. The molecule has 1 N–H and O–H groups in total. The SMILES string of the molecule is CC(C)(C)NC(=O)C(Cc1ccccc1)N(Cc1cccc(Br)c1)C(=O)Cc1ccc(Cl)cc1. The fourth-order valence-corrected chi connectivity index (χ4v) is 4.29. The van der Waals surface area contributed by atoms with Gasteiger partial charge in [0.25, 0.3) is 0 Å². The first-order valence-corrected chi connectivity index (χ1v) is 12.4. The number of carbonyl (C=O) groups is 2. The van der Waals surface area contributed by atoms with Gasteiger partial charge in [0, 0.05) is 28.0 Å². The van der Waals surface area contributed by atoms with Crippen LogP contribution < -0.4 is 5.32 Å². The van der Waals surface area contributed by atoms with Crippen molar-refractivity contribution in [3.63, 3.8) is 0 Å². The van der Waals surface area contributed by atoms with E-state index in [-0.39, 0.29) is 18.2 Å². The summed E-state index contributed by atoms with van der Waals surface area (Å²) < 4.78 is 0.925. The molecule has 3 rings (SSSR count). The molecule has 0 radical (unpaired) electrons. The van der Waals surface area contributed by atoms with Gasteiger partial charge in [0.2, 0.25) is 11.8 Å². The minimum atomic E-state index is -0.666. The molecule has 2 amide bonds. The summed E-state index contributed by atoms with van der Waals surface area (Å²) >= 11 is 9.54. The van der Waals surface area contributed by atoms with E-state index in [0.717, 1.165) is 21.2 Å². The third-order valence-corrected chi connectivity index (χ3v) is 6.03. The van der Waals surface area contributed by atoms with Crippen molar-refractivity contribution in [2.45, 2.75) is 51.7 Å². The summed E-state index contributed by atoms with van der Waals surface area (Å²) in [4.78, 5) is 28.9. The molecule has 0 aliphatic carbocycles. The molecule has 1 unspecified atom stereocenters. The van der Waals surface area contributed by atoms with Gasteiger partial charge in [0.15, 0.2) is 0 Å². The number of nitrogens with one attached hydrogen (secondary N) is 1. The van der Waals surface area contributed by atoms with E-state index in [0.29, 0.717) is 18.0 Å². The molecule has 0 aliphatic rings. The number of hydrogen-bond donors (Lipinski definition) is 1. The van der Waals surface area contributed by atoms with Gasteiger partial charge in [-0.15, -0.1) is 0 Å². The third kappa shape index (κ3) is 8.00. The maximum atomic E-state index is 13.7. The molecule has 3 aromatic rings. The van der Waals surface area contributed by atoms with Crippen LogP contribution in [0.5, 0.6) is 0 Å². The Morgan fingerprint density at radius 1 is 0.912 bits per heavy atom. The average Bonchev–Trinajstić information content (AvgIpc) is 2.77. The van der Waals surface area contributed by atoms with Crippen LogP contribution in [0.25, 0.3) is 0 Å². The van der Waals surface area contributed by atoms with Crippen molar-refractivity contribution in [1.82, 2.24) is 10.2 Å². The zero-order chi connectivity index (χ0) is 24.7. The van der Waals surface area contributed by atoms with Crippen molar-refractivity contribution < 1.29 is 9.59 Å². The molecule has 1 atom stereocenters. The molecule has 0 saturated carbocycles. The van der Waals surface area contributed by atoms with Crippen LogP contribution in [0.2, 0.25) is 5.02 Å². The summed E-state index contributed by atoms with van der Waals surface area (Å²) in [6.07, 6.45) is 0.600. The Bertz CT molecular complexity index is 1110. The van der Waals surface area contributed by atoms with Crippen LogP contribution in [0.3, 0.4) is 0 Å². The largest absolute Gasteiger partial charge is 0.350 e. The van der Waals surface area contributed by atoms with Gasteiger partial charge in [0.05, 0.1) is 6.42 Å². The van der Waals surface area contributed by atoms with Crippen LogP contribution in [-0.4, -0.2) is 28.3 Å². The fourth-order valence-electron chi connectivity index (χ4n) is 3.72. The summed E-state index contributed by atoms with van der Waals surface area (Å²) in [6.45, 7) is 6.15. The second-order valence-electron chi connectivity index (χ2n) is 9.40. The Morgan fingerprint density at radius 2 is 1.56 bits per heavy atom. The van der Waals surface area contributed by atoms with Crippen LogP contribution in [0.15, 0.2) is 83.3 Å². The molecule has 3 aromatic carbocycles. The van der Waals surface area contributed by atoms with E-state index in [1.165, 1.54) is 0 Å². The Kier molecular flexibility index (Phi) is 8.92. The molecule has 0 bridgehead atoms. The number of hydrogen-bond acceptors (Lipinski definition) is 2. The average molecular weight is 542 g/mol. The lowest BCUT2D eigenvalue weighted by Gasteiger charge is -2.34. The molecule has 6 heteroatoms. The molecule has 178 valence electrons. The lowest BCUT2D eigenvalue weighted by molar-refractivity contribution is -0.141. The second-order valence-corrected chi connectivity index (χ2v) is 10.8. The van der Waals surface area contributed by atoms with E-state index in [2.05, 4.69) is 21.2 Å². The number of benzene rings is 3. The zero-order valence-electron chi connectivity index (χ0n) is 19.7. The molecule has 0 aromatic heterocycles. The van der Waals surface area contributed by atoms with E-state index < -0.39 is 11.6 Å². The lowest BCUT2D eigenvalue weighted by Crippen LogP contribution is -2.54. The number of nitrogens with zero attached hydrogens (tertiary/aromatic N) is 1. The Morgan fingerprint density at radius 3 is 2.18 bits per heavy atom. The van der Waals surface area contributed by atoms with Crippen LogP contribution in [-0.2, 0) is 29.0 Å². The topological polar surface area (TPSA) is 49.4 Å². The van der Waals surface area contributed by atoms with Crippen molar-refractivity contribution in [1.29, 1.82) is 0 Å². The van der Waals surface area contributed by atoms with Gasteiger partial charge in [-0.25, -0.2) is 0 Å². The van der Waals surface area contributed by atoms with E-state index in [1.54, 1.807) is 17.0 Å². The van der Waals surface area contributed by atoms with Crippen LogP contribution in [0, 0.1) is 0 Å². The highest BCUT2D eigenvalue weighted by Crippen LogP contribution is 2.20. The zero-order valence-corrected chi connectivity index (χ0v) is 22.1. The Labute approximate surface area is 215 Å². The van der Waals surface area contributed by atoms with Crippen molar-refractivity contribution in [2.75, 3.05) is 0 Å². The molecule has 0 spiro atoms. The molecular formula is C28H30BrClN2O2. The lowest BCUT2D eigenvalue weighted by atomic mass is 10.00. The molecule has 0 heterocycles. The summed E-state index contributed by atoms with van der Waals surface area (Å²) in [5.74, 6) is -0.289. The highest BCUT2D eigenvalue weighted by Gasteiger charge is 2.32. The first-order valence-electron chi connectivity index (χ1n) is 11.2. The van der Waals surface area contributed by atoms with Crippen LogP contribution in [0.1, 0.15) is 37.5 Å².